The Bertz CT molecular complexity index is 3020. The van der Waals surface area contributed by atoms with Gasteiger partial charge in [0.2, 0.25) is 0 Å². The molecule has 2 unspecified atom stereocenters. The first-order valence-corrected chi connectivity index (χ1v) is 22.9. The minimum atomic E-state index is -0.362. The number of aliphatic imine (C=N–C) groups is 2. The molecule has 0 spiro atoms. The van der Waals surface area contributed by atoms with Crippen LogP contribution in [0, 0.1) is 25.7 Å². The maximum Gasteiger partial charge on any atom is 0.156 e. The van der Waals surface area contributed by atoms with E-state index in [0.717, 1.165) is 47.4 Å². The molecule has 0 fully saturated rings. The first-order chi connectivity index (χ1) is 30.8. The monoisotopic (exact) mass is 821 g/mol. The van der Waals surface area contributed by atoms with Gasteiger partial charge in [-0.05, 0) is 132 Å². The zero-order chi connectivity index (χ0) is 43.9. The Hall–Kier alpha value is -6.76. The number of hydrogen-bond acceptors (Lipinski definition) is 1. The summed E-state index contributed by atoms with van der Waals surface area (Å²) in [5, 5.41) is 2.55. The van der Waals surface area contributed by atoms with Gasteiger partial charge in [-0.15, -0.1) is 5.92 Å². The van der Waals surface area contributed by atoms with E-state index >= 15 is 0 Å². The summed E-state index contributed by atoms with van der Waals surface area (Å²) in [5.74, 6) is 7.92. The Morgan fingerprint density at radius 3 is 2.16 bits per heavy atom. The van der Waals surface area contributed by atoms with Gasteiger partial charge in [0.25, 0.3) is 0 Å². The van der Waals surface area contributed by atoms with Crippen LogP contribution in [0.2, 0.25) is 0 Å². The summed E-state index contributed by atoms with van der Waals surface area (Å²) in [4.78, 5) is 10.8. The van der Waals surface area contributed by atoms with Crippen molar-refractivity contribution in [2.24, 2.45) is 9.98 Å². The minimum Gasteiger partial charge on any atom is -0.309 e. The lowest BCUT2D eigenvalue weighted by Crippen LogP contribution is -2.08. The molecule has 8 aromatic rings. The maximum absolute atomic E-state index is 5.42. The maximum atomic E-state index is 5.42. The molecule has 0 saturated carbocycles. The van der Waals surface area contributed by atoms with Gasteiger partial charge in [-0.3, -0.25) is 0 Å². The SMILES string of the molecule is CCC#CC(N=C(N=C(C)c1cccc(-n2c3ccccc3c3c(C)c(-c4ccccc4CCCC)ccc32)c1)c1ccc(-c2ccccc2C(C)CC)c(C)c1)c1ccccc1. The molecule has 0 amide bonds. The predicted molar refractivity (Wildman–Crippen MR) is 271 cm³/mol. The highest BCUT2D eigenvalue weighted by atomic mass is 15.0. The van der Waals surface area contributed by atoms with E-state index in [9.17, 15) is 0 Å². The van der Waals surface area contributed by atoms with E-state index in [4.69, 9.17) is 9.98 Å². The van der Waals surface area contributed by atoms with Crippen LogP contribution in [0.15, 0.2) is 168 Å². The zero-order valence-electron chi connectivity index (χ0n) is 38.0. The third kappa shape index (κ3) is 8.95. The number of unbranched alkanes of at least 4 members (excludes halogenated alkanes) is 1. The predicted octanol–water partition coefficient (Wildman–Crippen LogP) is 16.0. The Balaban J connectivity index is 1.25. The number of benzene rings is 7. The van der Waals surface area contributed by atoms with Gasteiger partial charge in [0.15, 0.2) is 5.84 Å². The molecular weight excluding hydrogens is 763 g/mol. The summed E-state index contributed by atoms with van der Waals surface area (Å²) in [6.07, 6.45) is 5.29. The Morgan fingerprint density at radius 2 is 1.38 bits per heavy atom. The number of para-hydroxylation sites is 1. The molecule has 1 aromatic heterocycles. The van der Waals surface area contributed by atoms with Crippen LogP contribution in [-0.2, 0) is 6.42 Å². The summed E-state index contributed by atoms with van der Waals surface area (Å²) in [6, 6.07) is 56.8. The van der Waals surface area contributed by atoms with Crippen molar-refractivity contribution in [3.63, 3.8) is 0 Å². The minimum absolute atomic E-state index is 0.362. The Labute approximate surface area is 375 Å². The number of nitrogens with zero attached hydrogens (tertiary/aromatic N) is 3. The molecule has 2 atom stereocenters. The van der Waals surface area contributed by atoms with Crippen molar-refractivity contribution in [3.8, 4) is 39.8 Å². The quantitative estimate of drug-likeness (QED) is 0.0668. The van der Waals surface area contributed by atoms with E-state index in [1.54, 1.807) is 0 Å². The largest absolute Gasteiger partial charge is 0.309 e. The highest BCUT2D eigenvalue weighted by Crippen LogP contribution is 2.40. The molecule has 0 bridgehead atoms. The van der Waals surface area contributed by atoms with Crippen LogP contribution < -0.4 is 0 Å². The number of fused-ring (bicyclic) bond motifs is 3. The molecule has 3 nitrogen and oxygen atoms in total. The lowest BCUT2D eigenvalue weighted by atomic mass is 9.88. The normalized spacial score (nSPS) is 12.9. The van der Waals surface area contributed by atoms with Crippen LogP contribution in [0.4, 0.5) is 0 Å². The highest BCUT2D eigenvalue weighted by Gasteiger charge is 2.19. The fourth-order valence-corrected chi connectivity index (χ4v) is 9.08. The van der Waals surface area contributed by atoms with E-state index in [-0.39, 0.29) is 6.04 Å². The molecular formula is C60H59N3. The van der Waals surface area contributed by atoms with Crippen molar-refractivity contribution in [2.45, 2.75) is 92.5 Å². The van der Waals surface area contributed by atoms with E-state index in [0.29, 0.717) is 11.8 Å². The lowest BCUT2D eigenvalue weighted by molar-refractivity contribution is 0.735. The summed E-state index contributed by atoms with van der Waals surface area (Å²) < 4.78 is 2.42. The van der Waals surface area contributed by atoms with Gasteiger partial charge in [-0.1, -0.05) is 167 Å². The fraction of sp³-hybridized carbons (Fsp3) is 0.233. The van der Waals surface area contributed by atoms with Crippen molar-refractivity contribution < 1.29 is 0 Å². The van der Waals surface area contributed by atoms with Crippen molar-refractivity contribution in [1.29, 1.82) is 0 Å². The van der Waals surface area contributed by atoms with E-state index in [1.165, 1.54) is 79.2 Å². The van der Waals surface area contributed by atoms with Gasteiger partial charge in [0.1, 0.15) is 6.04 Å². The van der Waals surface area contributed by atoms with E-state index in [1.807, 2.05) is 6.07 Å². The fourth-order valence-electron chi connectivity index (χ4n) is 9.08. The number of aromatic nitrogens is 1. The van der Waals surface area contributed by atoms with Crippen LogP contribution in [-0.4, -0.2) is 16.1 Å². The Kier molecular flexibility index (Phi) is 13.3. The average Bonchev–Trinajstić information content (AvgIpc) is 3.67. The number of rotatable bonds is 12. The molecule has 0 radical (unpaired) electrons. The molecule has 8 rings (SSSR count). The average molecular weight is 822 g/mol. The van der Waals surface area contributed by atoms with Crippen LogP contribution in [0.1, 0.15) is 111 Å². The van der Waals surface area contributed by atoms with Gasteiger partial charge >= 0.3 is 0 Å². The number of hydrogen-bond donors (Lipinski definition) is 0. The van der Waals surface area contributed by atoms with Crippen LogP contribution in [0.5, 0.6) is 0 Å². The molecule has 63 heavy (non-hydrogen) atoms. The standard InChI is InChI=1S/C60H59N3/c1-8-11-23-45-24-16-17-30-53(45)52-37-38-58-59(43(52)6)55-32-20-21-34-57(55)63(58)49-28-22-27-47(40-49)44(7)61-60(62-56(33-12-9-2)46-25-14-13-15-26-46)48-35-36-51(42(5)39-48)54-31-19-18-29-50(54)41(4)10-3/h13-22,24-32,34-41,56H,8-11,23H2,1-7H3. The molecule has 0 saturated heterocycles. The first kappa shape index (κ1) is 42.9. The zero-order valence-corrected chi connectivity index (χ0v) is 38.0. The number of amidine groups is 1. The van der Waals surface area contributed by atoms with Crippen molar-refractivity contribution in [2.75, 3.05) is 0 Å². The van der Waals surface area contributed by atoms with Gasteiger partial charge in [0.05, 0.1) is 11.0 Å². The summed E-state index contributed by atoms with van der Waals surface area (Å²) in [6.45, 7) is 15.5. The van der Waals surface area contributed by atoms with Crippen LogP contribution in [0.25, 0.3) is 49.7 Å². The molecule has 3 heteroatoms. The van der Waals surface area contributed by atoms with Gasteiger partial charge in [-0.2, -0.15) is 0 Å². The van der Waals surface area contributed by atoms with Crippen molar-refractivity contribution in [1.82, 2.24) is 4.57 Å². The summed E-state index contributed by atoms with van der Waals surface area (Å²) in [7, 11) is 0. The topological polar surface area (TPSA) is 29.6 Å². The third-order valence-electron chi connectivity index (χ3n) is 12.7. The smallest absolute Gasteiger partial charge is 0.156 e. The molecule has 0 aliphatic carbocycles. The molecule has 0 aliphatic heterocycles. The molecule has 0 N–H and O–H groups in total. The Morgan fingerprint density at radius 1 is 0.651 bits per heavy atom. The molecule has 0 aliphatic rings. The third-order valence-corrected chi connectivity index (χ3v) is 12.7. The van der Waals surface area contributed by atoms with Crippen molar-refractivity contribution >= 4 is 33.4 Å². The highest BCUT2D eigenvalue weighted by molar-refractivity contribution is 6.14. The van der Waals surface area contributed by atoms with E-state index in [2.05, 4.69) is 217 Å². The lowest BCUT2D eigenvalue weighted by Gasteiger charge is -2.17. The van der Waals surface area contributed by atoms with E-state index < -0.39 is 0 Å². The number of aryl methyl sites for hydroxylation is 3. The van der Waals surface area contributed by atoms with Gasteiger partial charge < -0.3 is 4.57 Å². The molecule has 314 valence electrons. The second kappa shape index (κ2) is 19.5. The molecule has 1 heterocycles. The van der Waals surface area contributed by atoms with Crippen LogP contribution >= 0.6 is 0 Å². The van der Waals surface area contributed by atoms with Crippen molar-refractivity contribution in [3.05, 3.63) is 197 Å². The summed E-state index contributed by atoms with van der Waals surface area (Å²) in [5.41, 5.74) is 17.9. The summed E-state index contributed by atoms with van der Waals surface area (Å²) >= 11 is 0. The molecule has 7 aromatic carbocycles. The van der Waals surface area contributed by atoms with Gasteiger partial charge in [-0.25, -0.2) is 9.98 Å². The van der Waals surface area contributed by atoms with Gasteiger partial charge in [0, 0.05) is 34.2 Å². The second-order valence-electron chi connectivity index (χ2n) is 16.9. The van der Waals surface area contributed by atoms with Crippen LogP contribution in [0.3, 0.4) is 0 Å². The second-order valence-corrected chi connectivity index (χ2v) is 16.9. The first-order valence-electron chi connectivity index (χ1n) is 22.9.